The van der Waals surface area contributed by atoms with Crippen LogP contribution in [-0.2, 0) is 6.42 Å². The van der Waals surface area contributed by atoms with E-state index in [0.717, 1.165) is 19.5 Å². The van der Waals surface area contributed by atoms with Crippen LogP contribution in [0.25, 0.3) is 0 Å². The normalized spacial score (nSPS) is 13.6. The number of nitrogens with two attached hydrogens (primary N) is 1. The van der Waals surface area contributed by atoms with Crippen LogP contribution >= 0.6 is 0 Å². The van der Waals surface area contributed by atoms with Crippen LogP contribution in [0.15, 0.2) is 30.3 Å². The van der Waals surface area contributed by atoms with Gasteiger partial charge in [0, 0.05) is 25.2 Å². The van der Waals surface area contributed by atoms with Gasteiger partial charge in [-0.15, -0.1) is 0 Å². The largest absolute Gasteiger partial charge is 0.326 e. The zero-order chi connectivity index (χ0) is 13.5. The zero-order valence-electron chi connectivity index (χ0n) is 12.3. The van der Waals surface area contributed by atoms with E-state index in [9.17, 15) is 0 Å². The molecule has 0 amide bonds. The predicted octanol–water partition coefficient (Wildman–Crippen LogP) is 2.92. The number of hydrogen-bond acceptors (Lipinski definition) is 2. The fourth-order valence-corrected chi connectivity index (χ4v) is 2.25. The Balaban J connectivity index is 2.48. The van der Waals surface area contributed by atoms with Gasteiger partial charge in [0.1, 0.15) is 0 Å². The van der Waals surface area contributed by atoms with Gasteiger partial charge in [-0.3, -0.25) is 4.90 Å². The summed E-state index contributed by atoms with van der Waals surface area (Å²) in [5.41, 5.74) is 7.61. The van der Waals surface area contributed by atoms with Crippen molar-refractivity contribution in [2.75, 3.05) is 13.1 Å². The Morgan fingerprint density at radius 3 is 2.11 bits per heavy atom. The van der Waals surface area contributed by atoms with Crippen molar-refractivity contribution in [3.63, 3.8) is 0 Å². The summed E-state index contributed by atoms with van der Waals surface area (Å²) in [6.07, 6.45) is 0.960. The van der Waals surface area contributed by atoms with Crippen LogP contribution in [0.5, 0.6) is 0 Å². The molecule has 0 aliphatic rings. The summed E-state index contributed by atoms with van der Waals surface area (Å²) < 4.78 is 0. The molecule has 18 heavy (non-hydrogen) atoms. The van der Waals surface area contributed by atoms with Crippen molar-refractivity contribution in [1.29, 1.82) is 0 Å². The SMILES string of the molecule is CC(C)CN(CC(N)Cc1ccccc1)C(C)C. The Morgan fingerprint density at radius 2 is 1.61 bits per heavy atom. The lowest BCUT2D eigenvalue weighted by Gasteiger charge is -2.30. The summed E-state index contributed by atoms with van der Waals surface area (Å²) in [7, 11) is 0. The van der Waals surface area contributed by atoms with Crippen molar-refractivity contribution in [3.05, 3.63) is 35.9 Å². The first-order chi connectivity index (χ1) is 8.49. The molecule has 0 aliphatic heterocycles. The molecular weight excluding hydrogens is 220 g/mol. The van der Waals surface area contributed by atoms with Gasteiger partial charge < -0.3 is 5.73 Å². The molecule has 2 nitrogen and oxygen atoms in total. The maximum absolute atomic E-state index is 6.28. The highest BCUT2D eigenvalue weighted by Crippen LogP contribution is 2.08. The van der Waals surface area contributed by atoms with Crippen molar-refractivity contribution < 1.29 is 0 Å². The third-order valence-corrected chi connectivity index (χ3v) is 3.14. The smallest absolute Gasteiger partial charge is 0.0208 e. The highest BCUT2D eigenvalue weighted by atomic mass is 15.2. The van der Waals surface area contributed by atoms with Crippen molar-refractivity contribution in [1.82, 2.24) is 4.90 Å². The summed E-state index contributed by atoms with van der Waals surface area (Å²) >= 11 is 0. The van der Waals surface area contributed by atoms with E-state index >= 15 is 0 Å². The van der Waals surface area contributed by atoms with Crippen molar-refractivity contribution in [2.24, 2.45) is 11.7 Å². The van der Waals surface area contributed by atoms with E-state index in [-0.39, 0.29) is 6.04 Å². The Hall–Kier alpha value is -0.860. The van der Waals surface area contributed by atoms with E-state index in [2.05, 4.69) is 56.9 Å². The maximum atomic E-state index is 6.28. The number of hydrogen-bond donors (Lipinski definition) is 1. The molecule has 1 atom stereocenters. The minimum absolute atomic E-state index is 0.216. The van der Waals surface area contributed by atoms with Crippen LogP contribution in [0.1, 0.15) is 33.3 Å². The Kier molecular flexibility index (Phi) is 6.37. The van der Waals surface area contributed by atoms with Gasteiger partial charge in [-0.2, -0.15) is 0 Å². The first-order valence-electron chi connectivity index (χ1n) is 7.02. The van der Waals surface area contributed by atoms with E-state index < -0.39 is 0 Å². The monoisotopic (exact) mass is 248 g/mol. The highest BCUT2D eigenvalue weighted by molar-refractivity contribution is 5.15. The molecule has 2 heteroatoms. The lowest BCUT2D eigenvalue weighted by atomic mass is 10.0. The van der Waals surface area contributed by atoms with Gasteiger partial charge in [0.15, 0.2) is 0 Å². The first kappa shape index (κ1) is 15.2. The number of rotatable bonds is 7. The topological polar surface area (TPSA) is 29.3 Å². The molecule has 0 heterocycles. The maximum Gasteiger partial charge on any atom is 0.0208 e. The molecule has 102 valence electrons. The average Bonchev–Trinajstić information content (AvgIpc) is 2.28. The van der Waals surface area contributed by atoms with E-state index in [1.165, 1.54) is 5.56 Å². The minimum atomic E-state index is 0.216. The third-order valence-electron chi connectivity index (χ3n) is 3.14. The molecule has 0 saturated heterocycles. The summed E-state index contributed by atoms with van der Waals surface area (Å²) in [6.45, 7) is 11.1. The van der Waals surface area contributed by atoms with Gasteiger partial charge in [-0.05, 0) is 31.7 Å². The predicted molar refractivity (Wildman–Crippen MR) is 79.7 cm³/mol. The minimum Gasteiger partial charge on any atom is -0.326 e. The van der Waals surface area contributed by atoms with Gasteiger partial charge >= 0.3 is 0 Å². The first-order valence-corrected chi connectivity index (χ1v) is 7.02. The molecule has 0 saturated carbocycles. The van der Waals surface area contributed by atoms with Crippen molar-refractivity contribution >= 4 is 0 Å². The summed E-state index contributed by atoms with van der Waals surface area (Å²) in [5, 5.41) is 0. The molecular formula is C16H28N2. The Labute approximate surface area is 112 Å². The van der Waals surface area contributed by atoms with Crippen LogP contribution in [0.2, 0.25) is 0 Å². The quantitative estimate of drug-likeness (QED) is 0.804. The Bertz CT molecular complexity index is 319. The second-order valence-corrected chi connectivity index (χ2v) is 5.89. The molecule has 0 aliphatic carbocycles. The summed E-state index contributed by atoms with van der Waals surface area (Å²) in [6, 6.07) is 11.3. The molecule has 1 aromatic rings. The lowest BCUT2D eigenvalue weighted by Crippen LogP contribution is -2.43. The van der Waals surface area contributed by atoms with Crippen molar-refractivity contribution in [3.8, 4) is 0 Å². The molecule has 2 N–H and O–H groups in total. The Morgan fingerprint density at radius 1 is 1.00 bits per heavy atom. The lowest BCUT2D eigenvalue weighted by molar-refractivity contribution is 0.186. The van der Waals surface area contributed by atoms with Gasteiger partial charge in [0.2, 0.25) is 0 Å². The molecule has 0 aromatic heterocycles. The zero-order valence-corrected chi connectivity index (χ0v) is 12.3. The summed E-state index contributed by atoms with van der Waals surface area (Å²) in [5.74, 6) is 0.691. The van der Waals surface area contributed by atoms with E-state index in [1.807, 2.05) is 6.07 Å². The fourth-order valence-electron chi connectivity index (χ4n) is 2.25. The molecule has 1 rings (SSSR count). The van der Waals surface area contributed by atoms with Gasteiger partial charge in [-0.1, -0.05) is 44.2 Å². The van der Waals surface area contributed by atoms with Gasteiger partial charge in [0.25, 0.3) is 0 Å². The second-order valence-electron chi connectivity index (χ2n) is 5.89. The molecule has 1 aromatic carbocycles. The second kappa shape index (κ2) is 7.55. The average molecular weight is 248 g/mol. The standard InChI is InChI=1S/C16H28N2/c1-13(2)11-18(14(3)4)12-16(17)10-15-8-6-5-7-9-15/h5-9,13-14,16H,10-12,17H2,1-4H3. The molecule has 0 bridgehead atoms. The highest BCUT2D eigenvalue weighted by Gasteiger charge is 2.15. The fraction of sp³-hybridized carbons (Fsp3) is 0.625. The van der Waals surface area contributed by atoms with E-state index in [4.69, 9.17) is 5.73 Å². The van der Waals surface area contributed by atoms with Gasteiger partial charge in [0.05, 0.1) is 0 Å². The van der Waals surface area contributed by atoms with Crippen molar-refractivity contribution in [2.45, 2.75) is 46.2 Å². The van der Waals surface area contributed by atoms with Crippen LogP contribution in [0.4, 0.5) is 0 Å². The van der Waals surface area contributed by atoms with Crippen LogP contribution < -0.4 is 5.73 Å². The van der Waals surface area contributed by atoms with Gasteiger partial charge in [-0.25, -0.2) is 0 Å². The van der Waals surface area contributed by atoms with Crippen LogP contribution in [-0.4, -0.2) is 30.1 Å². The number of nitrogens with zero attached hydrogens (tertiary/aromatic N) is 1. The summed E-state index contributed by atoms with van der Waals surface area (Å²) in [4.78, 5) is 2.48. The van der Waals surface area contributed by atoms with E-state index in [1.54, 1.807) is 0 Å². The number of benzene rings is 1. The van der Waals surface area contributed by atoms with Crippen LogP contribution in [0, 0.1) is 5.92 Å². The molecule has 0 spiro atoms. The molecule has 1 unspecified atom stereocenters. The van der Waals surface area contributed by atoms with E-state index in [0.29, 0.717) is 12.0 Å². The van der Waals surface area contributed by atoms with Crippen LogP contribution in [0.3, 0.4) is 0 Å². The molecule has 0 radical (unpaired) electrons. The third kappa shape index (κ3) is 5.65. The molecule has 0 fully saturated rings.